The topological polar surface area (TPSA) is 153 Å². The van der Waals surface area contributed by atoms with Crippen molar-refractivity contribution in [3.63, 3.8) is 0 Å². The summed E-state index contributed by atoms with van der Waals surface area (Å²) in [4.78, 5) is 26.7. The molecule has 0 amide bonds. The van der Waals surface area contributed by atoms with Gasteiger partial charge in [-0.2, -0.15) is 8.78 Å². The zero-order chi connectivity index (χ0) is 16.5. The predicted molar refractivity (Wildman–Crippen MR) is 66.2 cm³/mol. The molecule has 0 bridgehead atoms. The molecular weight excluding hydrogens is 308 g/mol. The molecule has 0 saturated carbocycles. The Hall–Kier alpha value is -2.27. The van der Waals surface area contributed by atoms with Gasteiger partial charge >= 0.3 is 11.6 Å². The standard InChI is InChI=1S/C10H11F2N5O5/c11-10(12)6(20)9(4-18,3-14-16-13)22-7(10)17-2-1-5(19)15-8(17)21/h1-2,6-7,18,20H,3-4H2,(H,15,19,21)/t6-,7-,9-/m1/s1. The number of aliphatic hydroxyl groups is 2. The van der Waals surface area contributed by atoms with E-state index in [1.54, 1.807) is 4.98 Å². The largest absolute Gasteiger partial charge is 0.393 e. The third kappa shape index (κ3) is 2.37. The van der Waals surface area contributed by atoms with Crippen molar-refractivity contribution in [2.45, 2.75) is 23.9 Å². The molecule has 10 nitrogen and oxygen atoms in total. The van der Waals surface area contributed by atoms with Crippen LogP contribution in [0.1, 0.15) is 6.23 Å². The van der Waals surface area contributed by atoms with Crippen molar-refractivity contribution in [1.82, 2.24) is 9.55 Å². The van der Waals surface area contributed by atoms with Crippen molar-refractivity contribution in [3.8, 4) is 0 Å². The van der Waals surface area contributed by atoms with Crippen molar-refractivity contribution in [1.29, 1.82) is 0 Å². The number of hydrogen-bond donors (Lipinski definition) is 3. The smallest absolute Gasteiger partial charge is 0.330 e. The fourth-order valence-electron chi connectivity index (χ4n) is 2.15. The van der Waals surface area contributed by atoms with Gasteiger partial charge in [0.15, 0.2) is 6.10 Å². The summed E-state index contributed by atoms with van der Waals surface area (Å²) in [5.74, 6) is -3.98. The summed E-state index contributed by atoms with van der Waals surface area (Å²) in [6, 6.07) is 0.819. The lowest BCUT2D eigenvalue weighted by Crippen LogP contribution is -2.51. The summed E-state index contributed by atoms with van der Waals surface area (Å²) < 4.78 is 33.7. The maximum absolute atomic E-state index is 14.2. The van der Waals surface area contributed by atoms with Crippen molar-refractivity contribution in [2.24, 2.45) is 5.11 Å². The van der Waals surface area contributed by atoms with Crippen LogP contribution < -0.4 is 11.2 Å². The van der Waals surface area contributed by atoms with E-state index in [1.165, 1.54) is 0 Å². The second-order valence-corrected chi connectivity index (χ2v) is 4.68. The van der Waals surface area contributed by atoms with Crippen molar-refractivity contribution in [2.75, 3.05) is 13.2 Å². The average molecular weight is 319 g/mol. The van der Waals surface area contributed by atoms with E-state index in [9.17, 15) is 28.6 Å². The number of halogens is 2. The number of aliphatic hydroxyl groups excluding tert-OH is 2. The maximum atomic E-state index is 14.2. The van der Waals surface area contributed by atoms with Gasteiger partial charge in [0.1, 0.15) is 5.60 Å². The van der Waals surface area contributed by atoms with E-state index in [4.69, 9.17) is 10.3 Å². The van der Waals surface area contributed by atoms with Crippen LogP contribution >= 0.6 is 0 Å². The first-order valence-corrected chi connectivity index (χ1v) is 5.95. The molecule has 2 rings (SSSR count). The first kappa shape index (κ1) is 16.1. The lowest BCUT2D eigenvalue weighted by Gasteiger charge is -2.27. The van der Waals surface area contributed by atoms with E-state index < -0.39 is 48.3 Å². The van der Waals surface area contributed by atoms with Crippen molar-refractivity contribution in [3.05, 3.63) is 43.5 Å². The van der Waals surface area contributed by atoms with E-state index in [0.29, 0.717) is 4.57 Å². The fourth-order valence-corrected chi connectivity index (χ4v) is 2.15. The molecule has 1 saturated heterocycles. The van der Waals surface area contributed by atoms with Crippen LogP contribution in [0, 0.1) is 0 Å². The molecule has 2 heterocycles. The van der Waals surface area contributed by atoms with Crippen LogP contribution in [0.15, 0.2) is 27.0 Å². The van der Waals surface area contributed by atoms with Crippen LogP contribution in [0.2, 0.25) is 0 Å². The lowest BCUT2D eigenvalue weighted by atomic mass is 9.95. The number of alkyl halides is 2. The molecule has 12 heteroatoms. The Morgan fingerprint density at radius 1 is 1.55 bits per heavy atom. The van der Waals surface area contributed by atoms with E-state index >= 15 is 0 Å². The summed E-state index contributed by atoms with van der Waals surface area (Å²) in [5.41, 5.74) is 4.02. The summed E-state index contributed by atoms with van der Waals surface area (Å²) in [6.07, 6.45) is -4.04. The minimum absolute atomic E-state index is 0.373. The zero-order valence-electron chi connectivity index (χ0n) is 10.9. The Balaban J connectivity index is 2.51. The SMILES string of the molecule is [N-]=[N+]=NC[C@]1(CO)O[C@@H](n2ccc(=O)[nH]c2=O)C(F)(F)[C@@H]1O. The van der Waals surface area contributed by atoms with Crippen LogP contribution in [0.3, 0.4) is 0 Å². The van der Waals surface area contributed by atoms with Gasteiger partial charge in [-0.15, -0.1) is 0 Å². The molecule has 120 valence electrons. The molecular formula is C10H11F2N5O5. The Kier molecular flexibility index (Phi) is 4.02. The predicted octanol–water partition coefficient (Wildman–Crippen LogP) is -0.897. The molecule has 0 spiro atoms. The minimum atomic E-state index is -3.98. The number of aromatic amines is 1. The molecule has 3 atom stereocenters. The van der Waals surface area contributed by atoms with E-state index in [0.717, 1.165) is 12.3 Å². The molecule has 1 fully saturated rings. The minimum Gasteiger partial charge on any atom is -0.393 e. The molecule has 1 aliphatic heterocycles. The van der Waals surface area contributed by atoms with Crippen LogP contribution in [0.4, 0.5) is 8.78 Å². The summed E-state index contributed by atoms with van der Waals surface area (Å²) in [6.45, 7) is -1.84. The highest BCUT2D eigenvalue weighted by molar-refractivity contribution is 5.07. The first-order chi connectivity index (χ1) is 10.3. The van der Waals surface area contributed by atoms with Gasteiger partial charge in [-0.05, 0) is 5.53 Å². The molecule has 1 aliphatic rings. The van der Waals surface area contributed by atoms with Gasteiger partial charge in [-0.3, -0.25) is 14.3 Å². The first-order valence-electron chi connectivity index (χ1n) is 5.95. The third-order valence-electron chi connectivity index (χ3n) is 3.31. The molecule has 22 heavy (non-hydrogen) atoms. The second-order valence-electron chi connectivity index (χ2n) is 4.68. The number of rotatable bonds is 4. The van der Waals surface area contributed by atoms with Gasteiger partial charge in [0, 0.05) is 17.2 Å². The van der Waals surface area contributed by atoms with Gasteiger partial charge in [-0.1, -0.05) is 5.11 Å². The van der Waals surface area contributed by atoms with Crippen LogP contribution in [0.25, 0.3) is 10.4 Å². The van der Waals surface area contributed by atoms with Gasteiger partial charge in [-0.25, -0.2) is 4.79 Å². The third-order valence-corrected chi connectivity index (χ3v) is 3.31. The van der Waals surface area contributed by atoms with E-state index in [2.05, 4.69) is 10.0 Å². The zero-order valence-corrected chi connectivity index (χ0v) is 10.9. The van der Waals surface area contributed by atoms with E-state index in [-0.39, 0.29) is 0 Å². The highest BCUT2D eigenvalue weighted by Crippen LogP contribution is 2.47. The normalized spacial score (nSPS) is 30.0. The van der Waals surface area contributed by atoms with E-state index in [1.807, 2.05) is 0 Å². The Labute approximate surface area is 120 Å². The number of nitrogens with one attached hydrogen (secondary N) is 1. The quantitative estimate of drug-likeness (QED) is 0.373. The Bertz CT molecular complexity index is 727. The molecule has 1 aromatic rings. The van der Waals surface area contributed by atoms with Crippen LogP contribution in [0.5, 0.6) is 0 Å². The number of azide groups is 1. The van der Waals surface area contributed by atoms with Crippen molar-refractivity contribution >= 4 is 0 Å². The Morgan fingerprint density at radius 3 is 2.77 bits per heavy atom. The summed E-state index contributed by atoms with van der Waals surface area (Å²) in [7, 11) is 0. The highest BCUT2D eigenvalue weighted by Gasteiger charge is 2.66. The van der Waals surface area contributed by atoms with Gasteiger partial charge in [0.2, 0.25) is 6.23 Å². The molecule has 0 aromatic carbocycles. The number of hydrogen-bond acceptors (Lipinski definition) is 6. The molecule has 0 radical (unpaired) electrons. The lowest BCUT2D eigenvalue weighted by molar-refractivity contribution is -0.144. The summed E-state index contributed by atoms with van der Waals surface area (Å²) >= 11 is 0. The van der Waals surface area contributed by atoms with Crippen LogP contribution in [-0.2, 0) is 4.74 Å². The monoisotopic (exact) mass is 319 g/mol. The van der Waals surface area contributed by atoms with Crippen LogP contribution in [-0.4, -0.2) is 50.5 Å². The number of nitrogens with zero attached hydrogens (tertiary/aromatic N) is 4. The number of H-pyrrole nitrogens is 1. The number of ether oxygens (including phenoxy) is 1. The molecule has 3 N–H and O–H groups in total. The van der Waals surface area contributed by atoms with Gasteiger partial charge in [0.05, 0.1) is 13.2 Å². The Morgan fingerprint density at radius 2 is 2.23 bits per heavy atom. The highest BCUT2D eigenvalue weighted by atomic mass is 19.3. The fraction of sp³-hybridized carbons (Fsp3) is 0.600. The average Bonchev–Trinajstić information content (AvgIpc) is 2.67. The second kappa shape index (κ2) is 5.50. The maximum Gasteiger partial charge on any atom is 0.330 e. The van der Waals surface area contributed by atoms with Gasteiger partial charge < -0.3 is 14.9 Å². The molecule has 0 unspecified atom stereocenters. The molecule has 0 aliphatic carbocycles. The van der Waals surface area contributed by atoms with Gasteiger partial charge in [0.25, 0.3) is 5.56 Å². The van der Waals surface area contributed by atoms with Crippen molar-refractivity contribution < 1.29 is 23.7 Å². The molecule has 1 aromatic heterocycles. The number of aromatic nitrogens is 2. The summed E-state index contributed by atoms with van der Waals surface area (Å²) in [5, 5.41) is 22.1.